The predicted molar refractivity (Wildman–Crippen MR) is 81.9 cm³/mol. The van der Waals surface area contributed by atoms with Crippen molar-refractivity contribution in [2.45, 2.75) is 39.8 Å². The standard InChI is InChI=1S/C16H22N3O5/c1-4-24-16(23)13(18-17)12(20)7-19-14(21)10-5-8(2)9(3)6-11(10)15(19)22/h10-11,14,17,21H,4-7H2,1-3H3/q+1. The van der Waals surface area contributed by atoms with E-state index in [1.54, 1.807) is 6.92 Å². The number of ether oxygens (including phenoxy) is 1. The number of carbonyl (C=O) groups excluding carboxylic acids is 3. The molecule has 1 fully saturated rings. The van der Waals surface area contributed by atoms with Gasteiger partial charge in [0, 0.05) is 11.8 Å². The van der Waals surface area contributed by atoms with Crippen LogP contribution >= 0.6 is 0 Å². The number of aliphatic hydroxyl groups is 1. The highest BCUT2D eigenvalue weighted by molar-refractivity contribution is 6.62. The lowest BCUT2D eigenvalue weighted by Gasteiger charge is -2.27. The van der Waals surface area contributed by atoms with E-state index in [1.165, 1.54) is 0 Å². The number of aliphatic hydroxyl groups excluding tert-OH is 1. The Labute approximate surface area is 139 Å². The molecule has 8 heteroatoms. The van der Waals surface area contributed by atoms with E-state index in [0.717, 1.165) is 16.0 Å². The summed E-state index contributed by atoms with van der Waals surface area (Å²) in [6.45, 7) is 5.07. The Kier molecular flexibility index (Phi) is 5.31. The molecule has 1 saturated heterocycles. The zero-order valence-electron chi connectivity index (χ0n) is 14.0. The van der Waals surface area contributed by atoms with Crippen molar-refractivity contribution < 1.29 is 29.0 Å². The van der Waals surface area contributed by atoms with Gasteiger partial charge in [-0.1, -0.05) is 11.1 Å². The van der Waals surface area contributed by atoms with Crippen LogP contribution in [0.25, 0.3) is 0 Å². The number of nitrogens with zero attached hydrogens (tertiary/aromatic N) is 2. The lowest BCUT2D eigenvalue weighted by Crippen LogP contribution is -2.43. The number of hydrogen-bond acceptors (Lipinski definition) is 6. The van der Waals surface area contributed by atoms with Gasteiger partial charge in [0.1, 0.15) is 6.23 Å². The van der Waals surface area contributed by atoms with Crippen LogP contribution in [0.3, 0.4) is 0 Å². The number of likely N-dealkylation sites (tertiary alicyclic amines) is 1. The lowest BCUT2D eigenvalue weighted by atomic mass is 9.78. The van der Waals surface area contributed by atoms with Crippen molar-refractivity contribution in [2.75, 3.05) is 13.2 Å². The van der Waals surface area contributed by atoms with Crippen LogP contribution in [0.1, 0.15) is 33.6 Å². The van der Waals surface area contributed by atoms with Gasteiger partial charge in [0.05, 0.1) is 23.5 Å². The van der Waals surface area contributed by atoms with Crippen molar-refractivity contribution in [3.05, 3.63) is 11.1 Å². The van der Waals surface area contributed by atoms with E-state index in [4.69, 9.17) is 5.53 Å². The minimum Gasteiger partial charge on any atom is -0.457 e. The third kappa shape index (κ3) is 3.16. The van der Waals surface area contributed by atoms with Gasteiger partial charge >= 0.3 is 11.7 Å². The molecular weight excluding hydrogens is 314 g/mol. The number of fused-ring (bicyclic) bond motifs is 1. The summed E-state index contributed by atoms with van der Waals surface area (Å²) in [5, 5.41) is 10.4. The molecule has 2 rings (SSSR count). The molecule has 1 aliphatic heterocycles. The second kappa shape index (κ2) is 7.07. The molecule has 0 aromatic heterocycles. The Bertz CT molecular complexity index is 663. The molecular formula is C16H22N3O5+. The summed E-state index contributed by atoms with van der Waals surface area (Å²) in [4.78, 5) is 40.4. The Hall–Kier alpha value is -2.31. The number of amides is 1. The molecule has 0 aromatic rings. The molecule has 0 saturated carbocycles. The highest BCUT2D eigenvalue weighted by Crippen LogP contribution is 2.42. The zero-order valence-corrected chi connectivity index (χ0v) is 14.0. The van der Waals surface area contributed by atoms with Crippen molar-refractivity contribution in [3.63, 3.8) is 0 Å². The number of ketones is 1. The van der Waals surface area contributed by atoms with Crippen molar-refractivity contribution in [1.82, 2.24) is 4.90 Å². The molecule has 0 radical (unpaired) electrons. The van der Waals surface area contributed by atoms with Crippen LogP contribution in [0.2, 0.25) is 0 Å². The Balaban J connectivity index is 2.14. The summed E-state index contributed by atoms with van der Waals surface area (Å²) in [5.41, 5.74) is 8.59. The molecule has 130 valence electrons. The molecule has 1 aliphatic carbocycles. The molecule has 24 heavy (non-hydrogen) atoms. The van der Waals surface area contributed by atoms with E-state index in [9.17, 15) is 19.5 Å². The van der Waals surface area contributed by atoms with Crippen LogP contribution in [0.5, 0.6) is 0 Å². The Morgan fingerprint density at radius 1 is 1.33 bits per heavy atom. The summed E-state index contributed by atoms with van der Waals surface area (Å²) in [7, 11) is 0. The van der Waals surface area contributed by atoms with E-state index in [1.807, 2.05) is 13.8 Å². The van der Waals surface area contributed by atoms with Crippen molar-refractivity contribution >= 4 is 23.4 Å². The first kappa shape index (κ1) is 18.0. The van der Waals surface area contributed by atoms with Gasteiger partial charge < -0.3 is 14.7 Å². The minimum absolute atomic E-state index is 0.0464. The van der Waals surface area contributed by atoms with Crippen molar-refractivity contribution in [1.29, 1.82) is 5.53 Å². The van der Waals surface area contributed by atoms with Gasteiger partial charge in [-0.15, -0.1) is 0 Å². The molecule has 3 unspecified atom stereocenters. The highest BCUT2D eigenvalue weighted by Gasteiger charge is 2.50. The van der Waals surface area contributed by atoms with E-state index in [-0.39, 0.29) is 24.3 Å². The number of rotatable bonds is 5. The topological polar surface area (TPSA) is 122 Å². The summed E-state index contributed by atoms with van der Waals surface area (Å²) in [6.07, 6.45) is 0.0865. The van der Waals surface area contributed by atoms with Crippen LogP contribution in [0.4, 0.5) is 0 Å². The zero-order chi connectivity index (χ0) is 18.0. The second-order valence-corrected chi connectivity index (χ2v) is 6.22. The third-order valence-corrected chi connectivity index (χ3v) is 4.77. The fourth-order valence-corrected chi connectivity index (χ4v) is 3.31. The van der Waals surface area contributed by atoms with E-state index < -0.39 is 30.2 Å². The van der Waals surface area contributed by atoms with Gasteiger partial charge in [-0.25, -0.2) is 4.79 Å². The summed E-state index contributed by atoms with van der Waals surface area (Å²) >= 11 is 0. The van der Waals surface area contributed by atoms with Crippen LogP contribution < -0.4 is 0 Å². The van der Waals surface area contributed by atoms with Gasteiger partial charge in [0.15, 0.2) is 0 Å². The highest BCUT2D eigenvalue weighted by atomic mass is 16.5. The summed E-state index contributed by atoms with van der Waals surface area (Å²) in [6, 6.07) is 0. The van der Waals surface area contributed by atoms with Crippen molar-refractivity contribution in [2.24, 2.45) is 11.8 Å². The molecule has 2 aliphatic rings. The molecule has 0 aromatic carbocycles. The van der Waals surface area contributed by atoms with Gasteiger partial charge in [-0.05, 0) is 33.6 Å². The number of carbonyl (C=O) groups is 3. The summed E-state index contributed by atoms with van der Waals surface area (Å²) in [5.74, 6) is -2.72. The second-order valence-electron chi connectivity index (χ2n) is 6.22. The van der Waals surface area contributed by atoms with Crippen LogP contribution in [-0.4, -0.2) is 57.5 Å². The number of esters is 1. The number of nitrogens with one attached hydrogen (secondary N) is 1. The van der Waals surface area contributed by atoms with Crippen LogP contribution in [-0.2, 0) is 19.1 Å². The average molecular weight is 336 g/mol. The maximum Gasteiger partial charge on any atom is 0.492 e. The number of allylic oxidation sites excluding steroid dienone is 2. The number of Topliss-reactive ketones (excluding diaryl/α,β-unsaturated/α-hetero) is 1. The maximum atomic E-state index is 12.5. The lowest BCUT2D eigenvalue weighted by molar-refractivity contribution is -0.157. The van der Waals surface area contributed by atoms with Crippen molar-refractivity contribution in [3.8, 4) is 0 Å². The smallest absolute Gasteiger partial charge is 0.457 e. The van der Waals surface area contributed by atoms with E-state index >= 15 is 0 Å². The minimum atomic E-state index is -1.08. The SMILES string of the molecule is CCOC(=O)C(=[N+]=N)C(=O)CN1C(=O)C2CC(C)=C(C)CC2C1O. The third-order valence-electron chi connectivity index (χ3n) is 4.77. The summed E-state index contributed by atoms with van der Waals surface area (Å²) < 4.78 is 4.67. The van der Waals surface area contributed by atoms with E-state index in [2.05, 4.69) is 9.53 Å². The maximum absolute atomic E-state index is 12.5. The molecule has 8 nitrogen and oxygen atoms in total. The normalized spacial score (nSPS) is 26.1. The quantitative estimate of drug-likeness (QED) is 0.187. The van der Waals surface area contributed by atoms with Gasteiger partial charge in [0.2, 0.25) is 5.91 Å². The molecule has 3 atom stereocenters. The Morgan fingerprint density at radius 2 is 1.96 bits per heavy atom. The molecule has 1 amide bonds. The fraction of sp³-hybridized carbons (Fsp3) is 0.625. The van der Waals surface area contributed by atoms with Gasteiger partial charge in [-0.2, -0.15) is 0 Å². The molecule has 0 bridgehead atoms. The first-order valence-corrected chi connectivity index (χ1v) is 7.90. The Morgan fingerprint density at radius 3 is 2.54 bits per heavy atom. The monoisotopic (exact) mass is 336 g/mol. The first-order valence-electron chi connectivity index (χ1n) is 7.90. The molecule has 2 N–H and O–H groups in total. The van der Waals surface area contributed by atoms with Gasteiger partial charge in [-0.3, -0.25) is 9.59 Å². The molecule has 1 heterocycles. The van der Waals surface area contributed by atoms with Gasteiger partial charge in [0.25, 0.3) is 5.78 Å². The number of hydrogen-bond donors (Lipinski definition) is 2. The first-order chi connectivity index (χ1) is 11.3. The molecule has 0 spiro atoms. The van der Waals surface area contributed by atoms with Crippen LogP contribution in [0, 0.1) is 17.4 Å². The fourth-order valence-electron chi connectivity index (χ4n) is 3.31. The van der Waals surface area contributed by atoms with E-state index in [0.29, 0.717) is 12.8 Å². The largest absolute Gasteiger partial charge is 0.492 e. The van der Waals surface area contributed by atoms with Crippen LogP contribution in [0.15, 0.2) is 11.1 Å². The average Bonchev–Trinajstić information content (AvgIpc) is 2.74. The predicted octanol–water partition coefficient (Wildman–Crippen LogP) is 0.322.